The molecule has 0 aliphatic heterocycles. The molecule has 0 spiro atoms. The highest BCUT2D eigenvalue weighted by molar-refractivity contribution is 5.88. The van der Waals surface area contributed by atoms with Crippen LogP contribution in [0.3, 0.4) is 0 Å². The number of ether oxygens (including phenoxy) is 1. The van der Waals surface area contributed by atoms with Crippen molar-refractivity contribution in [2.24, 2.45) is 0 Å². The molecular formula is C25H22FNO. The van der Waals surface area contributed by atoms with Crippen LogP contribution in [0.5, 0.6) is 5.75 Å². The fourth-order valence-electron chi connectivity index (χ4n) is 3.35. The minimum Gasteiger partial charge on any atom is -0.489 e. The average Bonchev–Trinajstić information content (AvgIpc) is 2.72. The molecule has 0 aliphatic rings. The third kappa shape index (κ3) is 4.15. The van der Waals surface area contributed by atoms with E-state index in [1.54, 1.807) is 12.1 Å². The molecule has 0 bridgehead atoms. The van der Waals surface area contributed by atoms with Gasteiger partial charge in [0.1, 0.15) is 18.2 Å². The molecule has 0 radical (unpaired) electrons. The zero-order valence-electron chi connectivity index (χ0n) is 15.8. The van der Waals surface area contributed by atoms with Crippen molar-refractivity contribution in [1.82, 2.24) is 0 Å². The van der Waals surface area contributed by atoms with E-state index in [1.807, 2.05) is 24.3 Å². The Bertz CT molecular complexity index is 1090. The number of aryl methyl sites for hydroxylation is 1. The molecule has 1 N–H and O–H groups in total. The van der Waals surface area contributed by atoms with Crippen molar-refractivity contribution in [3.8, 4) is 5.75 Å². The van der Waals surface area contributed by atoms with Gasteiger partial charge in [-0.3, -0.25) is 0 Å². The summed E-state index contributed by atoms with van der Waals surface area (Å²) in [5.41, 5.74) is 4.33. The van der Waals surface area contributed by atoms with Gasteiger partial charge in [0.25, 0.3) is 0 Å². The maximum atomic E-state index is 13.2. The molecule has 140 valence electrons. The number of rotatable bonds is 6. The number of fused-ring (bicyclic) bond motifs is 1. The normalized spacial score (nSPS) is 10.8. The highest BCUT2D eigenvalue weighted by Crippen LogP contribution is 2.29. The molecule has 28 heavy (non-hydrogen) atoms. The lowest BCUT2D eigenvalue weighted by molar-refractivity contribution is 0.304. The zero-order valence-corrected chi connectivity index (χ0v) is 15.8. The lowest BCUT2D eigenvalue weighted by atomic mass is 10.0. The van der Waals surface area contributed by atoms with Crippen LogP contribution in [0.25, 0.3) is 10.8 Å². The summed E-state index contributed by atoms with van der Waals surface area (Å²) in [7, 11) is 0. The highest BCUT2D eigenvalue weighted by atomic mass is 19.1. The summed E-state index contributed by atoms with van der Waals surface area (Å²) in [4.78, 5) is 0. The second-order valence-corrected chi connectivity index (χ2v) is 6.90. The van der Waals surface area contributed by atoms with E-state index >= 15 is 0 Å². The molecule has 0 aromatic heterocycles. The Balaban J connectivity index is 1.61. The molecule has 4 rings (SSSR count). The standard InChI is InChI=1S/C25H22FNO/c1-18-5-4-6-19(15-18)17-28-25-14-9-20-7-2-3-8-23(20)24(25)16-27-22-12-10-21(26)11-13-22/h2-15,27H,16-17H2,1H3. The molecule has 0 atom stereocenters. The first-order valence-electron chi connectivity index (χ1n) is 9.37. The van der Waals surface area contributed by atoms with E-state index in [1.165, 1.54) is 23.1 Å². The van der Waals surface area contributed by atoms with E-state index in [0.29, 0.717) is 13.2 Å². The minimum atomic E-state index is -0.238. The molecule has 4 aromatic carbocycles. The fourth-order valence-corrected chi connectivity index (χ4v) is 3.35. The van der Waals surface area contributed by atoms with Gasteiger partial charge >= 0.3 is 0 Å². The van der Waals surface area contributed by atoms with Crippen molar-refractivity contribution < 1.29 is 9.13 Å². The van der Waals surface area contributed by atoms with Gasteiger partial charge < -0.3 is 10.1 Å². The van der Waals surface area contributed by atoms with Gasteiger partial charge in [-0.25, -0.2) is 4.39 Å². The first kappa shape index (κ1) is 18.1. The molecular weight excluding hydrogens is 349 g/mol. The summed E-state index contributed by atoms with van der Waals surface area (Å²) < 4.78 is 19.4. The third-order valence-corrected chi connectivity index (χ3v) is 4.79. The molecule has 2 nitrogen and oxygen atoms in total. The molecule has 0 saturated heterocycles. The van der Waals surface area contributed by atoms with E-state index in [4.69, 9.17) is 4.74 Å². The smallest absolute Gasteiger partial charge is 0.125 e. The maximum absolute atomic E-state index is 13.2. The topological polar surface area (TPSA) is 21.3 Å². The summed E-state index contributed by atoms with van der Waals surface area (Å²) in [5.74, 6) is 0.618. The largest absolute Gasteiger partial charge is 0.489 e. The quantitative estimate of drug-likeness (QED) is 0.419. The maximum Gasteiger partial charge on any atom is 0.125 e. The van der Waals surface area contributed by atoms with Gasteiger partial charge in [0.2, 0.25) is 0 Å². The van der Waals surface area contributed by atoms with Gasteiger partial charge in [0, 0.05) is 17.8 Å². The Morgan fingerprint density at radius 2 is 1.68 bits per heavy atom. The molecule has 0 saturated carbocycles. The molecule has 3 heteroatoms. The number of halogens is 1. The number of anilines is 1. The molecule has 0 unspecified atom stereocenters. The van der Waals surface area contributed by atoms with Crippen molar-refractivity contribution in [2.45, 2.75) is 20.1 Å². The molecule has 0 amide bonds. The van der Waals surface area contributed by atoms with Gasteiger partial charge in [-0.05, 0) is 53.6 Å². The summed E-state index contributed by atoms with van der Waals surface area (Å²) in [6, 6.07) is 27.1. The van der Waals surface area contributed by atoms with E-state index in [0.717, 1.165) is 28.0 Å². The predicted octanol–water partition coefficient (Wildman–Crippen LogP) is 6.48. The first-order chi connectivity index (χ1) is 13.7. The summed E-state index contributed by atoms with van der Waals surface area (Å²) >= 11 is 0. The van der Waals surface area contributed by atoms with Gasteiger partial charge in [-0.15, -0.1) is 0 Å². The SMILES string of the molecule is Cc1cccc(COc2ccc3ccccc3c2CNc2ccc(F)cc2)c1. The Hall–Kier alpha value is -3.33. The van der Waals surface area contributed by atoms with Gasteiger partial charge in [0.05, 0.1) is 0 Å². The molecule has 0 heterocycles. The Kier molecular flexibility index (Phi) is 5.24. The second-order valence-electron chi connectivity index (χ2n) is 6.90. The van der Waals surface area contributed by atoms with Crippen LogP contribution in [0.4, 0.5) is 10.1 Å². The predicted molar refractivity (Wildman–Crippen MR) is 113 cm³/mol. The van der Waals surface area contributed by atoms with Crippen LogP contribution in [0.15, 0.2) is 84.9 Å². The summed E-state index contributed by atoms with van der Waals surface area (Å²) in [6.07, 6.45) is 0. The number of hydrogen-bond donors (Lipinski definition) is 1. The van der Waals surface area contributed by atoms with Crippen LogP contribution >= 0.6 is 0 Å². The van der Waals surface area contributed by atoms with Crippen LogP contribution < -0.4 is 10.1 Å². The van der Waals surface area contributed by atoms with E-state index < -0.39 is 0 Å². The van der Waals surface area contributed by atoms with Crippen LogP contribution in [0.1, 0.15) is 16.7 Å². The van der Waals surface area contributed by atoms with Crippen molar-refractivity contribution >= 4 is 16.5 Å². The van der Waals surface area contributed by atoms with Crippen molar-refractivity contribution in [3.63, 3.8) is 0 Å². The van der Waals surface area contributed by atoms with Gasteiger partial charge in [-0.1, -0.05) is 60.2 Å². The summed E-state index contributed by atoms with van der Waals surface area (Å²) in [5, 5.41) is 5.70. The van der Waals surface area contributed by atoms with Crippen molar-refractivity contribution in [1.29, 1.82) is 0 Å². The lowest BCUT2D eigenvalue weighted by Crippen LogP contribution is -2.05. The Morgan fingerprint density at radius 1 is 0.857 bits per heavy atom. The molecule has 0 fully saturated rings. The van der Waals surface area contributed by atoms with Crippen molar-refractivity contribution in [2.75, 3.05) is 5.32 Å². The lowest BCUT2D eigenvalue weighted by Gasteiger charge is -2.16. The number of benzene rings is 4. The van der Waals surface area contributed by atoms with Crippen LogP contribution in [0.2, 0.25) is 0 Å². The average molecular weight is 371 g/mol. The first-order valence-corrected chi connectivity index (χ1v) is 9.37. The van der Waals surface area contributed by atoms with Crippen LogP contribution in [-0.2, 0) is 13.2 Å². The molecule has 4 aromatic rings. The highest BCUT2D eigenvalue weighted by Gasteiger charge is 2.10. The van der Waals surface area contributed by atoms with Gasteiger partial charge in [-0.2, -0.15) is 0 Å². The van der Waals surface area contributed by atoms with Crippen LogP contribution in [0, 0.1) is 12.7 Å². The Labute approximate surface area is 164 Å². The fraction of sp³-hybridized carbons (Fsp3) is 0.120. The second kappa shape index (κ2) is 8.13. The minimum absolute atomic E-state index is 0.238. The Morgan fingerprint density at radius 3 is 2.50 bits per heavy atom. The zero-order chi connectivity index (χ0) is 19.3. The van der Waals surface area contributed by atoms with Crippen molar-refractivity contribution in [3.05, 3.63) is 107 Å². The third-order valence-electron chi connectivity index (χ3n) is 4.79. The van der Waals surface area contributed by atoms with E-state index in [9.17, 15) is 4.39 Å². The summed E-state index contributed by atoms with van der Waals surface area (Å²) in [6.45, 7) is 3.19. The van der Waals surface area contributed by atoms with E-state index in [-0.39, 0.29) is 5.82 Å². The monoisotopic (exact) mass is 371 g/mol. The number of hydrogen-bond acceptors (Lipinski definition) is 2. The van der Waals surface area contributed by atoms with E-state index in [2.05, 4.69) is 48.6 Å². The van der Waals surface area contributed by atoms with Crippen LogP contribution in [-0.4, -0.2) is 0 Å². The molecule has 0 aliphatic carbocycles. The van der Waals surface area contributed by atoms with Gasteiger partial charge in [0.15, 0.2) is 0 Å². The number of nitrogens with one attached hydrogen (secondary N) is 1.